The molecule has 0 spiro atoms. The van der Waals surface area contributed by atoms with Gasteiger partial charge in [-0.15, -0.1) is 0 Å². The summed E-state index contributed by atoms with van der Waals surface area (Å²) in [5.74, 6) is 0. The average molecular weight is 245 g/mol. The molecule has 1 saturated heterocycles. The van der Waals surface area contributed by atoms with Gasteiger partial charge in [-0.2, -0.15) is 0 Å². The zero-order valence-corrected chi connectivity index (χ0v) is 11.6. The van der Waals surface area contributed by atoms with Gasteiger partial charge in [0.25, 0.3) is 0 Å². The summed E-state index contributed by atoms with van der Waals surface area (Å²) in [6.07, 6.45) is 3.14. The molecule has 0 amide bonds. The van der Waals surface area contributed by atoms with Crippen LogP contribution < -0.4 is 5.32 Å². The Balaban J connectivity index is 2.15. The summed E-state index contributed by atoms with van der Waals surface area (Å²) in [6, 6.07) is 0. The molecular weight excluding hydrogens is 218 g/mol. The molecule has 2 atom stereocenters. The van der Waals surface area contributed by atoms with E-state index in [2.05, 4.69) is 19.2 Å². The first-order valence-corrected chi connectivity index (χ1v) is 6.44. The van der Waals surface area contributed by atoms with Crippen LogP contribution in [-0.2, 0) is 9.47 Å². The maximum atomic E-state index is 10.0. The zero-order chi connectivity index (χ0) is 12.9. The van der Waals surface area contributed by atoms with Gasteiger partial charge < -0.3 is 19.9 Å². The van der Waals surface area contributed by atoms with Gasteiger partial charge in [-0.3, -0.25) is 0 Å². The highest BCUT2D eigenvalue weighted by Gasteiger charge is 2.31. The lowest BCUT2D eigenvalue weighted by Crippen LogP contribution is -2.41. The van der Waals surface area contributed by atoms with Crippen molar-refractivity contribution in [3.8, 4) is 0 Å². The topological polar surface area (TPSA) is 50.7 Å². The van der Waals surface area contributed by atoms with Crippen molar-refractivity contribution in [1.82, 2.24) is 5.32 Å². The summed E-state index contributed by atoms with van der Waals surface area (Å²) >= 11 is 0. The van der Waals surface area contributed by atoms with Crippen molar-refractivity contribution in [1.29, 1.82) is 0 Å². The summed E-state index contributed by atoms with van der Waals surface area (Å²) in [5.41, 5.74) is -0.685. The molecule has 0 aromatic heterocycles. The monoisotopic (exact) mass is 245 g/mol. The number of aliphatic hydroxyl groups is 1. The molecular formula is C13H27NO3. The van der Waals surface area contributed by atoms with Crippen molar-refractivity contribution in [2.45, 2.75) is 57.3 Å². The zero-order valence-electron chi connectivity index (χ0n) is 11.6. The molecule has 1 heterocycles. The molecule has 4 heteroatoms. The fraction of sp³-hybridized carbons (Fsp3) is 1.00. The van der Waals surface area contributed by atoms with Gasteiger partial charge in [-0.1, -0.05) is 0 Å². The molecule has 0 radical (unpaired) electrons. The highest BCUT2D eigenvalue weighted by molar-refractivity contribution is 4.83. The lowest BCUT2D eigenvalue weighted by atomic mass is 10.0. The van der Waals surface area contributed by atoms with E-state index in [1.54, 1.807) is 7.11 Å². The van der Waals surface area contributed by atoms with E-state index in [1.807, 2.05) is 6.92 Å². The van der Waals surface area contributed by atoms with E-state index in [0.29, 0.717) is 19.6 Å². The van der Waals surface area contributed by atoms with Crippen LogP contribution in [0.1, 0.15) is 40.0 Å². The van der Waals surface area contributed by atoms with Crippen LogP contribution in [0, 0.1) is 0 Å². The van der Waals surface area contributed by atoms with Crippen LogP contribution in [0.3, 0.4) is 0 Å². The Morgan fingerprint density at radius 3 is 2.76 bits per heavy atom. The second kappa shape index (κ2) is 6.14. The molecule has 0 bridgehead atoms. The molecule has 102 valence electrons. The summed E-state index contributed by atoms with van der Waals surface area (Å²) < 4.78 is 10.8. The fourth-order valence-corrected chi connectivity index (χ4v) is 2.13. The van der Waals surface area contributed by atoms with Gasteiger partial charge in [-0.05, 0) is 33.6 Å². The highest BCUT2D eigenvalue weighted by atomic mass is 16.5. The first-order chi connectivity index (χ1) is 7.85. The number of hydrogen-bond donors (Lipinski definition) is 2. The van der Waals surface area contributed by atoms with E-state index in [4.69, 9.17) is 9.47 Å². The standard InChI is InChI=1S/C13H27NO3/c1-12(2)6-5-11(17-12)9-14-10-13(3,15)7-8-16-4/h11,14-15H,5-10H2,1-4H3. The van der Waals surface area contributed by atoms with Crippen LogP contribution in [0.4, 0.5) is 0 Å². The van der Waals surface area contributed by atoms with Crippen LogP contribution in [-0.4, -0.2) is 49.2 Å². The number of rotatable bonds is 7. The predicted octanol–water partition coefficient (Wildman–Crippen LogP) is 1.32. The third-order valence-corrected chi connectivity index (χ3v) is 3.28. The third-order valence-electron chi connectivity index (χ3n) is 3.28. The molecule has 1 rings (SSSR count). The minimum atomic E-state index is -0.704. The molecule has 17 heavy (non-hydrogen) atoms. The van der Waals surface area contributed by atoms with E-state index in [1.165, 1.54) is 0 Å². The molecule has 0 aromatic carbocycles. The number of methoxy groups -OCH3 is 1. The van der Waals surface area contributed by atoms with Crippen LogP contribution in [0.25, 0.3) is 0 Å². The largest absolute Gasteiger partial charge is 0.389 e. The van der Waals surface area contributed by atoms with Gasteiger partial charge in [0.05, 0.1) is 17.3 Å². The van der Waals surface area contributed by atoms with Crippen molar-refractivity contribution in [3.63, 3.8) is 0 Å². The van der Waals surface area contributed by atoms with Gasteiger partial charge in [0.2, 0.25) is 0 Å². The maximum absolute atomic E-state index is 10.0. The third kappa shape index (κ3) is 5.82. The second-order valence-corrected chi connectivity index (χ2v) is 5.91. The minimum Gasteiger partial charge on any atom is -0.389 e. The first kappa shape index (κ1) is 14.9. The van der Waals surface area contributed by atoms with Crippen LogP contribution in [0.2, 0.25) is 0 Å². The van der Waals surface area contributed by atoms with Crippen LogP contribution in [0.15, 0.2) is 0 Å². The van der Waals surface area contributed by atoms with Crippen molar-refractivity contribution in [2.24, 2.45) is 0 Å². The molecule has 1 fully saturated rings. The summed E-state index contributed by atoms with van der Waals surface area (Å²) in [7, 11) is 1.65. The number of ether oxygens (including phenoxy) is 2. The van der Waals surface area contributed by atoms with Crippen molar-refractivity contribution in [2.75, 3.05) is 26.8 Å². The molecule has 2 N–H and O–H groups in total. The minimum absolute atomic E-state index is 0.0188. The molecule has 0 saturated carbocycles. The Morgan fingerprint density at radius 2 is 2.24 bits per heavy atom. The molecule has 1 aliphatic heterocycles. The average Bonchev–Trinajstić information content (AvgIpc) is 2.55. The van der Waals surface area contributed by atoms with E-state index >= 15 is 0 Å². The summed E-state index contributed by atoms with van der Waals surface area (Å²) in [4.78, 5) is 0. The Morgan fingerprint density at radius 1 is 1.53 bits per heavy atom. The van der Waals surface area contributed by atoms with Crippen molar-refractivity contribution < 1.29 is 14.6 Å². The fourth-order valence-electron chi connectivity index (χ4n) is 2.13. The molecule has 0 aromatic rings. The Kier molecular flexibility index (Phi) is 5.38. The normalized spacial score (nSPS) is 27.0. The Bertz CT molecular complexity index is 229. The van der Waals surface area contributed by atoms with Gasteiger partial charge >= 0.3 is 0 Å². The first-order valence-electron chi connectivity index (χ1n) is 6.44. The van der Waals surface area contributed by atoms with Crippen LogP contribution in [0.5, 0.6) is 0 Å². The lowest BCUT2D eigenvalue weighted by molar-refractivity contribution is -0.0190. The van der Waals surface area contributed by atoms with Crippen molar-refractivity contribution in [3.05, 3.63) is 0 Å². The predicted molar refractivity (Wildman–Crippen MR) is 68.2 cm³/mol. The summed E-state index contributed by atoms with van der Waals surface area (Å²) in [6.45, 7) is 8.06. The molecule has 0 aliphatic carbocycles. The maximum Gasteiger partial charge on any atom is 0.0765 e. The smallest absolute Gasteiger partial charge is 0.0765 e. The van der Waals surface area contributed by atoms with Gasteiger partial charge in [0, 0.05) is 33.2 Å². The number of nitrogens with one attached hydrogen (secondary N) is 1. The lowest BCUT2D eigenvalue weighted by Gasteiger charge is -2.25. The van der Waals surface area contributed by atoms with E-state index < -0.39 is 5.60 Å². The highest BCUT2D eigenvalue weighted by Crippen LogP contribution is 2.28. The quantitative estimate of drug-likeness (QED) is 0.710. The van der Waals surface area contributed by atoms with Crippen LogP contribution >= 0.6 is 0 Å². The SMILES string of the molecule is COCCC(C)(O)CNCC1CCC(C)(C)O1. The Hall–Kier alpha value is -0.160. The number of hydrogen-bond acceptors (Lipinski definition) is 4. The Labute approximate surface area is 105 Å². The molecule has 1 aliphatic rings. The molecule has 2 unspecified atom stereocenters. The van der Waals surface area contributed by atoms with Gasteiger partial charge in [0.15, 0.2) is 0 Å². The van der Waals surface area contributed by atoms with Gasteiger partial charge in [-0.25, -0.2) is 0 Å². The van der Waals surface area contributed by atoms with Crippen molar-refractivity contribution >= 4 is 0 Å². The van der Waals surface area contributed by atoms with E-state index in [0.717, 1.165) is 19.4 Å². The molecule has 4 nitrogen and oxygen atoms in total. The van der Waals surface area contributed by atoms with Gasteiger partial charge in [0.1, 0.15) is 0 Å². The summed E-state index contributed by atoms with van der Waals surface area (Å²) in [5, 5.41) is 13.3. The van der Waals surface area contributed by atoms with E-state index in [-0.39, 0.29) is 11.7 Å². The second-order valence-electron chi connectivity index (χ2n) is 5.91. The van der Waals surface area contributed by atoms with E-state index in [9.17, 15) is 5.11 Å².